The molecule has 4 saturated heterocycles. The number of hydrogen-bond donors (Lipinski definition) is 2. The highest BCUT2D eigenvalue weighted by molar-refractivity contribution is 7.79. The van der Waals surface area contributed by atoms with E-state index >= 15 is 4.79 Å². The molecule has 6 fully saturated rings. The van der Waals surface area contributed by atoms with Crippen LogP contribution in [0.2, 0.25) is 5.04 Å². The number of aliphatic hydroxyl groups is 2. The van der Waals surface area contributed by atoms with E-state index in [4.69, 9.17) is 45.1 Å². The zero-order valence-electron chi connectivity index (χ0n) is 32.7. The van der Waals surface area contributed by atoms with Crippen LogP contribution < -0.4 is 15.1 Å². The Hall–Kier alpha value is -4.18. The maximum Gasteiger partial charge on any atom is 0.358 e. The van der Waals surface area contributed by atoms with Gasteiger partial charge in [0.2, 0.25) is 11.9 Å². The van der Waals surface area contributed by atoms with Crippen LogP contribution >= 0.6 is 12.2 Å². The Morgan fingerprint density at radius 3 is 1.89 bits per heavy atom. The molecule has 9 rings (SSSR count). The monoisotopic (exact) mass is 814 g/mol. The van der Waals surface area contributed by atoms with Gasteiger partial charge in [-0.3, -0.25) is 4.79 Å². The van der Waals surface area contributed by atoms with Gasteiger partial charge in [-0.2, -0.15) is 0 Å². The summed E-state index contributed by atoms with van der Waals surface area (Å²) in [5, 5.41) is 26.8. The van der Waals surface area contributed by atoms with E-state index in [0.29, 0.717) is 5.75 Å². The molecule has 3 aromatic rings. The van der Waals surface area contributed by atoms with Crippen molar-refractivity contribution in [3.8, 4) is 5.75 Å². The standard InChI is InChI=1S/C43H46O12SSi/c1-23-33(45)51-32-31(55-57(39(5,6)7,25-19-13-9-14-20-25)26-21-15-10-16-22-26)41-30-27(50-37(56)49-24-17-11-8-12-18-24)28(38(2,3)4)40(41)29(44)34(46)53-36(40)54-43(41,35(47)52-30)42(23,32)48/h8-23,27-32,36,44,48H,1-7H3/t23-,27-,28+,29+,30-,31+,32+,36+,40?,41?,42-,43-/m1/s1. The lowest BCUT2D eigenvalue weighted by Crippen LogP contribution is -2.72. The van der Waals surface area contributed by atoms with Crippen LogP contribution in [0.3, 0.4) is 0 Å². The average Bonchev–Trinajstić information content (AvgIpc) is 3.87. The number of para-hydroxylation sites is 1. The van der Waals surface area contributed by atoms with E-state index in [-0.39, 0.29) is 5.24 Å². The minimum Gasteiger partial charge on any atom is -0.456 e. The molecule has 2 aliphatic carbocycles. The third-order valence-electron chi connectivity index (χ3n) is 13.8. The molecule has 300 valence electrons. The number of thiocarbonyl (C=S) groups is 1. The lowest BCUT2D eigenvalue weighted by atomic mass is 9.51. The quantitative estimate of drug-likeness (QED) is 0.161. The fourth-order valence-electron chi connectivity index (χ4n) is 12.1. The predicted octanol–water partition coefficient (Wildman–Crippen LogP) is 3.57. The second-order valence-electron chi connectivity index (χ2n) is 18.3. The molecule has 4 heterocycles. The van der Waals surface area contributed by atoms with Gasteiger partial charge in [-0.1, -0.05) is 120 Å². The van der Waals surface area contributed by atoms with Crippen molar-refractivity contribution >= 4 is 54.1 Å². The summed E-state index contributed by atoms with van der Waals surface area (Å²) >= 11 is 5.72. The maximum atomic E-state index is 15.1. The van der Waals surface area contributed by atoms with Gasteiger partial charge < -0.3 is 43.1 Å². The molecule has 14 heteroatoms. The Labute approximate surface area is 336 Å². The van der Waals surface area contributed by atoms with E-state index < -0.39 is 107 Å². The number of benzene rings is 3. The highest BCUT2D eigenvalue weighted by atomic mass is 32.1. The molecule has 0 amide bonds. The zero-order valence-corrected chi connectivity index (χ0v) is 34.5. The van der Waals surface area contributed by atoms with Crippen LogP contribution in [0, 0.1) is 28.1 Å². The first-order valence-electron chi connectivity index (χ1n) is 19.3. The molecule has 0 bridgehead atoms. The van der Waals surface area contributed by atoms with Crippen LogP contribution in [0.5, 0.6) is 5.75 Å². The first-order chi connectivity index (χ1) is 26.9. The summed E-state index contributed by atoms with van der Waals surface area (Å²) in [6.07, 6.45) is -9.19. The van der Waals surface area contributed by atoms with Crippen LogP contribution in [0.1, 0.15) is 48.5 Å². The molecule has 6 aliphatic rings. The minimum atomic E-state index is -3.72. The molecule has 0 aromatic heterocycles. The van der Waals surface area contributed by atoms with Crippen molar-refractivity contribution in [1.82, 2.24) is 0 Å². The van der Waals surface area contributed by atoms with E-state index in [1.807, 2.05) is 87.5 Å². The van der Waals surface area contributed by atoms with Crippen molar-refractivity contribution in [2.45, 2.75) is 102 Å². The van der Waals surface area contributed by atoms with Gasteiger partial charge in [0.05, 0.1) is 22.9 Å². The summed E-state index contributed by atoms with van der Waals surface area (Å²) in [4.78, 5) is 42.9. The van der Waals surface area contributed by atoms with Crippen molar-refractivity contribution < 1.29 is 57.4 Å². The molecule has 2 N–H and O–H groups in total. The smallest absolute Gasteiger partial charge is 0.358 e. The summed E-state index contributed by atoms with van der Waals surface area (Å²) in [5.41, 5.74) is -9.69. The van der Waals surface area contributed by atoms with Crippen molar-refractivity contribution in [1.29, 1.82) is 0 Å². The van der Waals surface area contributed by atoms with E-state index in [0.717, 1.165) is 10.4 Å². The van der Waals surface area contributed by atoms with E-state index in [1.54, 1.807) is 24.3 Å². The number of rotatable bonds is 6. The fraction of sp³-hybridized carbons (Fsp3) is 0.488. The van der Waals surface area contributed by atoms with Gasteiger partial charge in [-0.25, -0.2) is 9.59 Å². The normalized spacial score (nSPS) is 38.8. The second kappa shape index (κ2) is 12.2. The summed E-state index contributed by atoms with van der Waals surface area (Å²) < 4.78 is 46.0. The number of esters is 3. The third-order valence-corrected chi connectivity index (χ3v) is 19.0. The van der Waals surface area contributed by atoms with Gasteiger partial charge in [-0.15, -0.1) is 0 Å². The van der Waals surface area contributed by atoms with Crippen LogP contribution in [0.4, 0.5) is 0 Å². The molecule has 12 atom stereocenters. The van der Waals surface area contributed by atoms with Gasteiger partial charge in [0.25, 0.3) is 8.32 Å². The predicted molar refractivity (Wildman–Crippen MR) is 208 cm³/mol. The van der Waals surface area contributed by atoms with Gasteiger partial charge in [-0.05, 0) is 39.9 Å². The number of hydrogen-bond acceptors (Lipinski definition) is 13. The van der Waals surface area contributed by atoms with E-state index in [9.17, 15) is 19.8 Å². The van der Waals surface area contributed by atoms with Crippen molar-refractivity contribution in [2.75, 3.05) is 0 Å². The zero-order chi connectivity index (χ0) is 40.7. The minimum absolute atomic E-state index is 0.305. The van der Waals surface area contributed by atoms with Crippen LogP contribution in [-0.4, -0.2) is 89.7 Å². The maximum absolute atomic E-state index is 15.1. The molecule has 2 saturated carbocycles. The number of carbonyl (C=O) groups excluding carboxylic acids is 3. The molecule has 12 nitrogen and oxygen atoms in total. The third kappa shape index (κ3) is 4.36. The Morgan fingerprint density at radius 1 is 0.789 bits per heavy atom. The molecule has 0 radical (unpaired) electrons. The largest absolute Gasteiger partial charge is 0.456 e. The Morgan fingerprint density at radius 2 is 1.35 bits per heavy atom. The SMILES string of the molecule is C[C@@H]1C(=O)O[C@H]2[C@H](O[Si](c3ccccc3)(c3ccccc3)C(C)(C)C)C34[C@@H]5OC(=O)[C@]3(O[C@@H]3OC(=O)[C@H](O)C34[C@H](C(C)(C)C)[C@H]5OC(=S)Oc3ccccc3)[C@@]12O. The Bertz CT molecular complexity index is 2120. The Kier molecular flexibility index (Phi) is 8.19. The molecule has 3 aromatic carbocycles. The number of aliphatic hydroxyl groups excluding tert-OH is 1. The first-order valence-corrected chi connectivity index (χ1v) is 21.6. The molecular weight excluding hydrogens is 769 g/mol. The first kappa shape index (κ1) is 38.3. The van der Waals surface area contributed by atoms with Crippen LogP contribution in [0.15, 0.2) is 91.0 Å². The average molecular weight is 815 g/mol. The molecule has 57 heavy (non-hydrogen) atoms. The number of carbonyl (C=O) groups is 3. The van der Waals surface area contributed by atoms with E-state index in [1.165, 1.54) is 6.92 Å². The molecule has 4 aliphatic heterocycles. The fourth-order valence-corrected chi connectivity index (χ4v) is 17.0. The summed E-state index contributed by atoms with van der Waals surface area (Å²) in [6, 6.07) is 28.2. The lowest BCUT2D eigenvalue weighted by molar-refractivity contribution is -0.240. The molecule has 2 unspecified atom stereocenters. The summed E-state index contributed by atoms with van der Waals surface area (Å²) in [6.45, 7) is 13.4. The van der Waals surface area contributed by atoms with E-state index in [2.05, 4.69) is 20.8 Å². The molecule has 2 spiro atoms. The molecular formula is C43H46O12SSi. The Balaban J connectivity index is 1.36. The second-order valence-corrected chi connectivity index (χ2v) is 22.9. The lowest BCUT2D eigenvalue weighted by Gasteiger charge is -2.52. The van der Waals surface area contributed by atoms with Gasteiger partial charge in [0.15, 0.2) is 23.9 Å². The summed E-state index contributed by atoms with van der Waals surface area (Å²) in [7, 11) is -3.72. The van der Waals surface area contributed by atoms with Gasteiger partial charge in [0.1, 0.15) is 11.9 Å². The topological polar surface area (TPSA) is 156 Å². The van der Waals surface area contributed by atoms with Crippen molar-refractivity contribution in [2.24, 2.45) is 28.1 Å². The number of ether oxygens (including phenoxy) is 6. The highest BCUT2D eigenvalue weighted by Crippen LogP contribution is 2.85. The van der Waals surface area contributed by atoms with Crippen LogP contribution in [-0.2, 0) is 42.5 Å². The highest BCUT2D eigenvalue weighted by Gasteiger charge is 3.06. The van der Waals surface area contributed by atoms with Crippen LogP contribution in [0.25, 0.3) is 0 Å². The van der Waals surface area contributed by atoms with Gasteiger partial charge >= 0.3 is 23.1 Å². The van der Waals surface area contributed by atoms with Crippen molar-refractivity contribution in [3.63, 3.8) is 0 Å². The van der Waals surface area contributed by atoms with Gasteiger partial charge in [0, 0.05) is 18.1 Å². The van der Waals surface area contributed by atoms with Crippen molar-refractivity contribution in [3.05, 3.63) is 91.0 Å². The summed E-state index contributed by atoms with van der Waals surface area (Å²) in [5.74, 6) is -4.70. The number of fused-ring (bicyclic) bond motifs is 1.